The molecule has 2 fully saturated rings. The molecule has 0 spiro atoms. The molecule has 1 aliphatic carbocycles. The van der Waals surface area contributed by atoms with Crippen molar-refractivity contribution in [2.75, 3.05) is 26.3 Å². The number of ketones is 1. The summed E-state index contributed by atoms with van der Waals surface area (Å²) >= 11 is 0. The molecule has 104 valence electrons. The minimum atomic E-state index is 0.0825. The van der Waals surface area contributed by atoms with E-state index < -0.39 is 0 Å². The second-order valence-electron chi connectivity index (χ2n) is 5.63. The van der Waals surface area contributed by atoms with E-state index in [1.54, 1.807) is 18.4 Å². The number of carbonyl (C=O) groups is 1. The van der Waals surface area contributed by atoms with Gasteiger partial charge in [-0.2, -0.15) is 0 Å². The molecule has 4 heteroatoms. The van der Waals surface area contributed by atoms with Crippen LogP contribution in [0.25, 0.3) is 0 Å². The number of morpholine rings is 1. The lowest BCUT2D eigenvalue weighted by atomic mass is 9.84. The topological polar surface area (TPSA) is 42.7 Å². The fourth-order valence-electron chi connectivity index (χ4n) is 2.88. The highest BCUT2D eigenvalue weighted by atomic mass is 16.5. The van der Waals surface area contributed by atoms with Gasteiger partial charge in [-0.25, -0.2) is 0 Å². The Labute approximate surface area is 113 Å². The molecule has 0 unspecified atom stereocenters. The van der Waals surface area contributed by atoms with Gasteiger partial charge in [0.25, 0.3) is 0 Å². The van der Waals surface area contributed by atoms with Crippen LogP contribution < -0.4 is 0 Å². The number of rotatable bonds is 5. The van der Waals surface area contributed by atoms with Gasteiger partial charge in [-0.1, -0.05) is 6.42 Å². The van der Waals surface area contributed by atoms with E-state index in [0.29, 0.717) is 18.8 Å². The van der Waals surface area contributed by atoms with Crippen LogP contribution >= 0.6 is 0 Å². The maximum absolute atomic E-state index is 12.1. The molecule has 0 radical (unpaired) electrons. The van der Waals surface area contributed by atoms with Crippen molar-refractivity contribution in [1.82, 2.24) is 4.90 Å². The molecule has 1 saturated heterocycles. The summed E-state index contributed by atoms with van der Waals surface area (Å²) in [4.78, 5) is 14.6. The van der Waals surface area contributed by atoms with Crippen LogP contribution in [0.3, 0.4) is 0 Å². The molecule has 2 aliphatic rings. The highest BCUT2D eigenvalue weighted by Gasteiger charge is 2.29. The van der Waals surface area contributed by atoms with Crippen LogP contribution in [0.4, 0.5) is 0 Å². The second-order valence-corrected chi connectivity index (χ2v) is 5.63. The van der Waals surface area contributed by atoms with Gasteiger partial charge in [0.15, 0.2) is 11.5 Å². The number of furan rings is 1. The van der Waals surface area contributed by atoms with E-state index in [4.69, 9.17) is 9.15 Å². The Morgan fingerprint density at radius 3 is 3.00 bits per heavy atom. The van der Waals surface area contributed by atoms with Crippen molar-refractivity contribution in [2.24, 2.45) is 5.92 Å². The van der Waals surface area contributed by atoms with Gasteiger partial charge in [0.1, 0.15) is 0 Å². The van der Waals surface area contributed by atoms with Gasteiger partial charge in [-0.3, -0.25) is 9.69 Å². The Morgan fingerprint density at radius 1 is 1.42 bits per heavy atom. The third kappa shape index (κ3) is 3.07. The third-order valence-electron chi connectivity index (χ3n) is 4.28. The van der Waals surface area contributed by atoms with Crippen molar-refractivity contribution < 1.29 is 13.9 Å². The first kappa shape index (κ1) is 12.9. The SMILES string of the molecule is O=C(C[C@H]1COCCN1CC1CCC1)c1ccco1. The van der Waals surface area contributed by atoms with E-state index in [9.17, 15) is 4.79 Å². The smallest absolute Gasteiger partial charge is 0.199 e. The van der Waals surface area contributed by atoms with Gasteiger partial charge >= 0.3 is 0 Å². The molecule has 1 atom stereocenters. The van der Waals surface area contributed by atoms with Crippen LogP contribution in [0.5, 0.6) is 0 Å². The summed E-state index contributed by atoms with van der Waals surface area (Å²) in [5, 5.41) is 0. The average molecular weight is 263 g/mol. The molecule has 4 nitrogen and oxygen atoms in total. The minimum Gasteiger partial charge on any atom is -0.461 e. The Morgan fingerprint density at radius 2 is 2.32 bits per heavy atom. The number of Topliss-reactive ketones (excluding diaryl/α,β-unsaturated/α-hetero) is 1. The van der Waals surface area contributed by atoms with Gasteiger partial charge in [-0.05, 0) is 30.9 Å². The number of ether oxygens (including phenoxy) is 1. The molecule has 0 amide bonds. The maximum Gasteiger partial charge on any atom is 0.199 e. The van der Waals surface area contributed by atoms with Crippen LogP contribution in [0.2, 0.25) is 0 Å². The Hall–Kier alpha value is -1.13. The van der Waals surface area contributed by atoms with E-state index in [2.05, 4.69) is 4.90 Å². The second kappa shape index (κ2) is 5.88. The van der Waals surface area contributed by atoms with Crippen LogP contribution in [-0.2, 0) is 4.74 Å². The summed E-state index contributed by atoms with van der Waals surface area (Å²) in [5.41, 5.74) is 0. The normalized spacial score (nSPS) is 25.2. The maximum atomic E-state index is 12.1. The molecule has 19 heavy (non-hydrogen) atoms. The van der Waals surface area contributed by atoms with Gasteiger partial charge in [0.05, 0.1) is 19.5 Å². The van der Waals surface area contributed by atoms with Gasteiger partial charge in [0, 0.05) is 25.6 Å². The van der Waals surface area contributed by atoms with Gasteiger partial charge in [-0.15, -0.1) is 0 Å². The first-order chi connectivity index (χ1) is 9.33. The molecular formula is C15H21NO3. The molecule has 1 aromatic heterocycles. The Balaban J connectivity index is 1.58. The lowest BCUT2D eigenvalue weighted by Crippen LogP contribution is -2.49. The van der Waals surface area contributed by atoms with Gasteiger partial charge in [0.2, 0.25) is 0 Å². The molecule has 1 aliphatic heterocycles. The minimum absolute atomic E-state index is 0.0825. The van der Waals surface area contributed by atoms with E-state index in [-0.39, 0.29) is 11.8 Å². The molecule has 2 heterocycles. The number of hydrogen-bond donors (Lipinski definition) is 0. The third-order valence-corrected chi connectivity index (χ3v) is 4.28. The Bertz CT molecular complexity index is 411. The number of carbonyl (C=O) groups excluding carboxylic acids is 1. The number of hydrogen-bond acceptors (Lipinski definition) is 4. The van der Waals surface area contributed by atoms with Crippen LogP contribution in [-0.4, -0.2) is 43.0 Å². The predicted molar refractivity (Wildman–Crippen MR) is 71.2 cm³/mol. The fraction of sp³-hybridized carbons (Fsp3) is 0.667. The first-order valence-corrected chi connectivity index (χ1v) is 7.21. The molecule has 0 N–H and O–H groups in total. The predicted octanol–water partition coefficient (Wildman–Crippen LogP) is 2.35. The molecule has 0 aromatic carbocycles. The molecule has 1 saturated carbocycles. The van der Waals surface area contributed by atoms with Crippen LogP contribution in [0.1, 0.15) is 36.2 Å². The zero-order chi connectivity index (χ0) is 13.1. The highest BCUT2D eigenvalue weighted by Crippen LogP contribution is 2.28. The van der Waals surface area contributed by atoms with E-state index in [1.807, 2.05) is 0 Å². The van der Waals surface area contributed by atoms with Crippen molar-refractivity contribution in [3.05, 3.63) is 24.2 Å². The van der Waals surface area contributed by atoms with E-state index >= 15 is 0 Å². The van der Waals surface area contributed by atoms with Crippen LogP contribution in [0, 0.1) is 5.92 Å². The van der Waals surface area contributed by atoms with Gasteiger partial charge < -0.3 is 9.15 Å². The van der Waals surface area contributed by atoms with Crippen LogP contribution in [0.15, 0.2) is 22.8 Å². The van der Waals surface area contributed by atoms with E-state index in [1.165, 1.54) is 19.3 Å². The molecular weight excluding hydrogens is 242 g/mol. The highest BCUT2D eigenvalue weighted by molar-refractivity contribution is 5.93. The fourth-order valence-corrected chi connectivity index (χ4v) is 2.88. The quantitative estimate of drug-likeness (QED) is 0.765. The summed E-state index contributed by atoms with van der Waals surface area (Å²) < 4.78 is 10.7. The summed E-state index contributed by atoms with van der Waals surface area (Å²) in [6.07, 6.45) is 6.11. The number of nitrogens with zero attached hydrogens (tertiary/aromatic N) is 1. The lowest BCUT2D eigenvalue weighted by Gasteiger charge is -2.39. The molecule has 0 bridgehead atoms. The zero-order valence-corrected chi connectivity index (χ0v) is 11.2. The summed E-state index contributed by atoms with van der Waals surface area (Å²) in [6.45, 7) is 3.53. The van der Waals surface area contributed by atoms with Crippen molar-refractivity contribution in [1.29, 1.82) is 0 Å². The van der Waals surface area contributed by atoms with Crippen molar-refractivity contribution >= 4 is 5.78 Å². The summed E-state index contributed by atoms with van der Waals surface area (Å²) in [5.74, 6) is 1.38. The standard InChI is InChI=1S/C15H21NO3/c17-14(15-5-2-7-19-15)9-13-11-18-8-6-16(13)10-12-3-1-4-12/h2,5,7,12-13H,1,3-4,6,8-11H2/t13-/m0/s1. The summed E-state index contributed by atoms with van der Waals surface area (Å²) in [6, 6.07) is 3.71. The first-order valence-electron chi connectivity index (χ1n) is 7.21. The van der Waals surface area contributed by atoms with Crippen molar-refractivity contribution in [3.63, 3.8) is 0 Å². The van der Waals surface area contributed by atoms with E-state index in [0.717, 1.165) is 25.6 Å². The largest absolute Gasteiger partial charge is 0.461 e. The lowest BCUT2D eigenvalue weighted by molar-refractivity contribution is -0.0206. The molecule has 1 aromatic rings. The molecule has 3 rings (SSSR count). The average Bonchev–Trinajstić information content (AvgIpc) is 2.89. The zero-order valence-electron chi connectivity index (χ0n) is 11.2. The monoisotopic (exact) mass is 263 g/mol. The summed E-state index contributed by atoms with van der Waals surface area (Å²) in [7, 11) is 0. The van der Waals surface area contributed by atoms with Crippen molar-refractivity contribution in [3.8, 4) is 0 Å². The van der Waals surface area contributed by atoms with Crippen molar-refractivity contribution in [2.45, 2.75) is 31.7 Å². The Kier molecular flexibility index (Phi) is 3.99.